The largest absolute Gasteiger partial charge is 0.333 e. The Hall–Kier alpha value is -0.930. The van der Waals surface area contributed by atoms with E-state index >= 15 is 0 Å². The third-order valence-electron chi connectivity index (χ3n) is 1.49. The lowest BCUT2D eigenvalue weighted by Crippen LogP contribution is -2.29. The fourth-order valence-corrected chi connectivity index (χ4v) is 0.937. The highest BCUT2D eigenvalue weighted by atomic mass is 19.1. The van der Waals surface area contributed by atoms with Gasteiger partial charge in [0.25, 0.3) is 5.91 Å². The standard InChI is InChI=1S/C6H8FNO2/c7-2-4-8-3-1-5(9)6(8)10/h1-4H2. The van der Waals surface area contributed by atoms with E-state index < -0.39 is 18.4 Å². The number of likely N-dealkylation sites (tertiary alicyclic amines) is 1. The molecule has 0 atom stereocenters. The topological polar surface area (TPSA) is 37.4 Å². The maximum absolute atomic E-state index is 11.6. The van der Waals surface area contributed by atoms with Crippen LogP contribution in [-0.4, -0.2) is 36.4 Å². The number of Topliss-reactive ketones (excluding diaryl/α,β-unsaturated/α-hetero) is 1. The van der Waals surface area contributed by atoms with E-state index in [1.54, 1.807) is 0 Å². The third-order valence-corrected chi connectivity index (χ3v) is 1.49. The summed E-state index contributed by atoms with van der Waals surface area (Å²) in [7, 11) is 0. The normalized spacial score (nSPS) is 18.7. The summed E-state index contributed by atoms with van der Waals surface area (Å²) in [5.41, 5.74) is 0. The number of hydrogen-bond donors (Lipinski definition) is 0. The number of nitrogens with zero attached hydrogens (tertiary/aromatic N) is 1. The molecule has 0 unspecified atom stereocenters. The summed E-state index contributed by atoms with van der Waals surface area (Å²) in [6.45, 7) is -0.120. The van der Waals surface area contributed by atoms with Crippen LogP contribution in [0.4, 0.5) is 4.39 Å². The Morgan fingerprint density at radius 3 is 2.60 bits per heavy atom. The molecule has 1 amide bonds. The predicted molar refractivity (Wildman–Crippen MR) is 32.2 cm³/mol. The van der Waals surface area contributed by atoms with Crippen LogP contribution in [0.1, 0.15) is 6.42 Å². The minimum atomic E-state index is -0.570. The van der Waals surface area contributed by atoms with E-state index in [0.717, 1.165) is 0 Å². The molecule has 0 N–H and O–H groups in total. The van der Waals surface area contributed by atoms with Crippen LogP contribution in [0.25, 0.3) is 0 Å². The Morgan fingerprint density at radius 2 is 2.20 bits per heavy atom. The van der Waals surface area contributed by atoms with Crippen LogP contribution in [0.15, 0.2) is 0 Å². The molecule has 0 saturated carbocycles. The molecule has 1 fully saturated rings. The van der Waals surface area contributed by atoms with Crippen molar-refractivity contribution < 1.29 is 14.0 Å². The van der Waals surface area contributed by atoms with Crippen LogP contribution < -0.4 is 0 Å². The van der Waals surface area contributed by atoms with Crippen molar-refractivity contribution in [2.75, 3.05) is 19.8 Å². The Labute approximate surface area is 57.8 Å². The smallest absolute Gasteiger partial charge is 0.290 e. The second-order valence-electron chi connectivity index (χ2n) is 2.15. The Bertz CT molecular complexity index is 169. The summed E-state index contributed by atoms with van der Waals surface area (Å²) in [4.78, 5) is 22.5. The van der Waals surface area contributed by atoms with Crippen molar-refractivity contribution in [1.29, 1.82) is 0 Å². The zero-order valence-corrected chi connectivity index (χ0v) is 5.47. The van der Waals surface area contributed by atoms with Crippen molar-refractivity contribution in [1.82, 2.24) is 4.90 Å². The summed E-state index contributed by atoms with van der Waals surface area (Å²) >= 11 is 0. The second kappa shape index (κ2) is 2.77. The van der Waals surface area contributed by atoms with Crippen molar-refractivity contribution >= 4 is 11.7 Å². The molecule has 1 rings (SSSR count). The minimum Gasteiger partial charge on any atom is -0.333 e. The lowest BCUT2D eigenvalue weighted by Gasteiger charge is -2.09. The van der Waals surface area contributed by atoms with Gasteiger partial charge in [0.2, 0.25) is 5.78 Å². The van der Waals surface area contributed by atoms with E-state index in [1.165, 1.54) is 4.90 Å². The molecule has 3 nitrogen and oxygen atoms in total. The molecule has 0 spiro atoms. The molecule has 0 aromatic carbocycles. The van der Waals surface area contributed by atoms with E-state index in [1.807, 2.05) is 0 Å². The van der Waals surface area contributed by atoms with Gasteiger partial charge in [-0.05, 0) is 0 Å². The van der Waals surface area contributed by atoms with Crippen molar-refractivity contribution in [3.8, 4) is 0 Å². The van der Waals surface area contributed by atoms with Gasteiger partial charge < -0.3 is 4.90 Å². The van der Waals surface area contributed by atoms with E-state index in [9.17, 15) is 14.0 Å². The molecule has 1 saturated heterocycles. The molecule has 0 aromatic rings. The Balaban J connectivity index is 2.49. The van der Waals surface area contributed by atoms with Gasteiger partial charge >= 0.3 is 0 Å². The van der Waals surface area contributed by atoms with Crippen LogP contribution in [0.2, 0.25) is 0 Å². The van der Waals surface area contributed by atoms with Gasteiger partial charge in [-0.25, -0.2) is 4.39 Å². The van der Waals surface area contributed by atoms with Crippen molar-refractivity contribution in [2.24, 2.45) is 0 Å². The molecular weight excluding hydrogens is 137 g/mol. The lowest BCUT2D eigenvalue weighted by atomic mass is 10.3. The SMILES string of the molecule is O=C1CCN(CCF)C1=O. The first-order chi connectivity index (χ1) is 4.75. The molecule has 0 aliphatic carbocycles. The predicted octanol–water partition coefficient (Wildman–Crippen LogP) is -0.243. The quantitative estimate of drug-likeness (QED) is 0.503. The van der Waals surface area contributed by atoms with Gasteiger partial charge in [0.15, 0.2) is 0 Å². The van der Waals surface area contributed by atoms with Gasteiger partial charge in [0.1, 0.15) is 6.67 Å². The molecule has 1 aliphatic heterocycles. The van der Waals surface area contributed by atoms with Crippen LogP contribution in [0.5, 0.6) is 0 Å². The molecule has 0 radical (unpaired) electrons. The summed E-state index contributed by atoms with van der Waals surface area (Å²) < 4.78 is 11.6. The highest BCUT2D eigenvalue weighted by molar-refractivity contribution is 6.37. The average Bonchev–Trinajstić information content (AvgIpc) is 2.20. The van der Waals surface area contributed by atoms with Gasteiger partial charge in [-0.3, -0.25) is 9.59 Å². The number of carbonyl (C=O) groups excluding carboxylic acids is 2. The number of halogens is 1. The van der Waals surface area contributed by atoms with Crippen molar-refractivity contribution in [3.63, 3.8) is 0 Å². The number of carbonyl (C=O) groups is 2. The first kappa shape index (κ1) is 7.18. The second-order valence-corrected chi connectivity index (χ2v) is 2.15. The van der Waals surface area contributed by atoms with E-state index in [4.69, 9.17) is 0 Å². The van der Waals surface area contributed by atoms with Crippen molar-refractivity contribution in [3.05, 3.63) is 0 Å². The maximum Gasteiger partial charge on any atom is 0.290 e. The zero-order chi connectivity index (χ0) is 7.56. The van der Waals surface area contributed by atoms with Crippen molar-refractivity contribution in [2.45, 2.75) is 6.42 Å². The zero-order valence-electron chi connectivity index (χ0n) is 5.47. The van der Waals surface area contributed by atoms with E-state index in [0.29, 0.717) is 6.54 Å². The molecular formula is C6H8FNO2. The van der Waals surface area contributed by atoms with Crippen LogP contribution in [0, 0.1) is 0 Å². The van der Waals surface area contributed by atoms with E-state index in [-0.39, 0.29) is 13.0 Å². The summed E-state index contributed by atoms with van der Waals surface area (Å²) in [6.07, 6.45) is 0.249. The fraction of sp³-hybridized carbons (Fsp3) is 0.667. The number of rotatable bonds is 2. The third kappa shape index (κ3) is 1.15. The molecule has 56 valence electrons. The first-order valence-electron chi connectivity index (χ1n) is 3.14. The highest BCUT2D eigenvalue weighted by Crippen LogP contribution is 2.04. The molecule has 1 aliphatic rings. The molecule has 0 aromatic heterocycles. The maximum atomic E-state index is 11.6. The van der Waals surface area contributed by atoms with Gasteiger partial charge in [0.05, 0.1) is 0 Å². The number of amides is 1. The fourth-order valence-electron chi connectivity index (χ4n) is 0.937. The Kier molecular flexibility index (Phi) is 1.99. The number of alkyl halides is 1. The molecule has 0 bridgehead atoms. The van der Waals surface area contributed by atoms with Crippen LogP contribution >= 0.6 is 0 Å². The summed E-state index contributed by atoms with van der Waals surface area (Å²) in [6, 6.07) is 0. The number of hydrogen-bond acceptors (Lipinski definition) is 2. The molecule has 4 heteroatoms. The van der Waals surface area contributed by atoms with Crippen LogP contribution in [0.3, 0.4) is 0 Å². The average molecular weight is 145 g/mol. The number of ketones is 1. The molecule has 10 heavy (non-hydrogen) atoms. The monoisotopic (exact) mass is 145 g/mol. The van der Waals surface area contributed by atoms with Gasteiger partial charge in [-0.15, -0.1) is 0 Å². The highest BCUT2D eigenvalue weighted by Gasteiger charge is 2.28. The lowest BCUT2D eigenvalue weighted by molar-refractivity contribution is -0.140. The van der Waals surface area contributed by atoms with Gasteiger partial charge in [0, 0.05) is 19.5 Å². The Morgan fingerprint density at radius 1 is 1.50 bits per heavy atom. The summed E-state index contributed by atoms with van der Waals surface area (Å²) in [5.74, 6) is -0.925. The molecule has 1 heterocycles. The minimum absolute atomic E-state index is 0.0601. The first-order valence-corrected chi connectivity index (χ1v) is 3.14. The van der Waals surface area contributed by atoms with Gasteiger partial charge in [-0.1, -0.05) is 0 Å². The van der Waals surface area contributed by atoms with Gasteiger partial charge in [-0.2, -0.15) is 0 Å². The summed E-state index contributed by atoms with van der Waals surface area (Å²) in [5, 5.41) is 0. The van der Waals surface area contributed by atoms with Crippen LogP contribution in [-0.2, 0) is 9.59 Å². The van der Waals surface area contributed by atoms with E-state index in [2.05, 4.69) is 0 Å².